The van der Waals surface area contributed by atoms with Crippen LogP contribution >= 0.6 is 0 Å². The molecule has 33 heavy (non-hydrogen) atoms. The fraction of sp³-hybridized carbons (Fsp3) is 0.167. The van der Waals surface area contributed by atoms with E-state index in [1.54, 1.807) is 6.33 Å². The number of aryl methyl sites for hydroxylation is 3. The Morgan fingerprint density at radius 1 is 1.06 bits per heavy atom. The normalized spacial score (nSPS) is 11.1. The van der Waals surface area contributed by atoms with Crippen LogP contribution in [0.15, 0.2) is 53.3 Å². The summed E-state index contributed by atoms with van der Waals surface area (Å²) < 4.78 is 7.25. The number of anilines is 2. The standard InChI is InChI=1S/C24H21N7O2/c1-14-4-8-21(29-28-14)26-18-6-7-20-19(12-18)25-13-31(20)22-9-5-17(10-11-32)24(27-22)23-15(2)30-33-16(23)3/h4-9,11-13H,10H2,1-3H3,(H,26,29). The maximum atomic E-state index is 11.2. The summed E-state index contributed by atoms with van der Waals surface area (Å²) >= 11 is 0. The molecule has 5 rings (SSSR count). The Balaban J connectivity index is 1.54. The zero-order valence-corrected chi connectivity index (χ0v) is 18.4. The first-order valence-electron chi connectivity index (χ1n) is 10.4. The summed E-state index contributed by atoms with van der Waals surface area (Å²) in [6.07, 6.45) is 2.87. The number of hydrogen-bond donors (Lipinski definition) is 1. The highest BCUT2D eigenvalue weighted by atomic mass is 16.5. The van der Waals surface area contributed by atoms with Crippen LogP contribution in [0.1, 0.15) is 22.7 Å². The van der Waals surface area contributed by atoms with Crippen molar-refractivity contribution in [2.45, 2.75) is 27.2 Å². The number of pyridine rings is 1. The highest BCUT2D eigenvalue weighted by Gasteiger charge is 2.18. The van der Waals surface area contributed by atoms with Gasteiger partial charge in [-0.1, -0.05) is 11.2 Å². The lowest BCUT2D eigenvalue weighted by Gasteiger charge is -2.11. The molecule has 9 heteroatoms. The van der Waals surface area contributed by atoms with Gasteiger partial charge < -0.3 is 14.6 Å². The van der Waals surface area contributed by atoms with Gasteiger partial charge >= 0.3 is 0 Å². The first kappa shape index (κ1) is 20.5. The SMILES string of the molecule is Cc1ccc(Nc2ccc3c(c2)ncn3-c2ccc(CC=O)c(-c3c(C)noc3C)n2)nn1. The topological polar surface area (TPSA) is 112 Å². The Bertz CT molecular complexity index is 1450. The van der Waals surface area contributed by atoms with Crippen molar-refractivity contribution in [1.29, 1.82) is 0 Å². The van der Waals surface area contributed by atoms with Crippen LogP contribution < -0.4 is 5.32 Å². The van der Waals surface area contributed by atoms with Crippen molar-refractivity contribution in [3.63, 3.8) is 0 Å². The molecule has 0 fully saturated rings. The lowest BCUT2D eigenvalue weighted by atomic mass is 10.0. The zero-order chi connectivity index (χ0) is 22.9. The van der Waals surface area contributed by atoms with Gasteiger partial charge in [0, 0.05) is 12.1 Å². The van der Waals surface area contributed by atoms with E-state index in [1.165, 1.54) is 0 Å². The molecule has 5 aromatic rings. The van der Waals surface area contributed by atoms with E-state index < -0.39 is 0 Å². The van der Waals surface area contributed by atoms with E-state index in [9.17, 15) is 4.79 Å². The fourth-order valence-corrected chi connectivity index (χ4v) is 3.79. The van der Waals surface area contributed by atoms with Gasteiger partial charge in [-0.2, -0.15) is 5.10 Å². The van der Waals surface area contributed by atoms with E-state index >= 15 is 0 Å². The molecule has 9 nitrogen and oxygen atoms in total. The zero-order valence-electron chi connectivity index (χ0n) is 18.4. The van der Waals surface area contributed by atoms with Gasteiger partial charge in [0.05, 0.1) is 33.7 Å². The Morgan fingerprint density at radius 2 is 1.94 bits per heavy atom. The molecule has 0 aliphatic rings. The maximum absolute atomic E-state index is 11.2. The Morgan fingerprint density at radius 3 is 2.67 bits per heavy atom. The first-order chi connectivity index (χ1) is 16.0. The number of fused-ring (bicyclic) bond motifs is 1. The Hall–Kier alpha value is -4.40. The second-order valence-corrected chi connectivity index (χ2v) is 7.75. The van der Waals surface area contributed by atoms with Gasteiger partial charge in [-0.25, -0.2) is 9.97 Å². The molecule has 4 heterocycles. The van der Waals surface area contributed by atoms with Gasteiger partial charge in [-0.3, -0.25) is 4.57 Å². The van der Waals surface area contributed by atoms with Crippen LogP contribution in [-0.4, -0.2) is 36.2 Å². The van der Waals surface area contributed by atoms with E-state index in [4.69, 9.17) is 9.51 Å². The third-order valence-corrected chi connectivity index (χ3v) is 5.40. The molecular weight excluding hydrogens is 418 g/mol. The molecule has 0 atom stereocenters. The Kier molecular flexibility index (Phi) is 5.14. The minimum Gasteiger partial charge on any atom is -0.361 e. The molecule has 0 amide bonds. The molecule has 0 saturated heterocycles. The highest BCUT2D eigenvalue weighted by Crippen LogP contribution is 2.30. The second-order valence-electron chi connectivity index (χ2n) is 7.75. The van der Waals surface area contributed by atoms with Crippen molar-refractivity contribution in [2.75, 3.05) is 5.32 Å². The van der Waals surface area contributed by atoms with E-state index in [0.717, 1.165) is 45.5 Å². The lowest BCUT2D eigenvalue weighted by molar-refractivity contribution is -0.107. The summed E-state index contributed by atoms with van der Waals surface area (Å²) in [5, 5.41) is 15.5. The quantitative estimate of drug-likeness (QED) is 0.390. The van der Waals surface area contributed by atoms with Gasteiger partial charge in [-0.05, 0) is 62.7 Å². The van der Waals surface area contributed by atoms with E-state index in [0.29, 0.717) is 23.1 Å². The smallest absolute Gasteiger partial charge is 0.153 e. The van der Waals surface area contributed by atoms with Crippen molar-refractivity contribution in [2.24, 2.45) is 0 Å². The van der Waals surface area contributed by atoms with Gasteiger partial charge in [-0.15, -0.1) is 5.10 Å². The van der Waals surface area contributed by atoms with Crippen LogP contribution in [-0.2, 0) is 11.2 Å². The van der Waals surface area contributed by atoms with Gasteiger partial charge in [0.2, 0.25) is 0 Å². The Labute approximate surface area is 189 Å². The number of imidazole rings is 1. The minimum atomic E-state index is 0.258. The van der Waals surface area contributed by atoms with Crippen molar-refractivity contribution in [3.8, 4) is 17.1 Å². The van der Waals surface area contributed by atoms with Crippen LogP contribution in [0.2, 0.25) is 0 Å². The van der Waals surface area contributed by atoms with Crippen LogP contribution in [0, 0.1) is 20.8 Å². The molecular formula is C24H21N7O2. The minimum absolute atomic E-state index is 0.258. The van der Waals surface area contributed by atoms with Crippen LogP contribution in [0.5, 0.6) is 0 Å². The summed E-state index contributed by atoms with van der Waals surface area (Å²) in [4.78, 5) is 20.7. The van der Waals surface area contributed by atoms with Crippen molar-refractivity contribution in [3.05, 3.63) is 71.5 Å². The predicted molar refractivity (Wildman–Crippen MR) is 124 cm³/mol. The molecule has 0 bridgehead atoms. The number of aldehydes is 1. The number of hydrogen-bond acceptors (Lipinski definition) is 8. The van der Waals surface area contributed by atoms with Crippen molar-refractivity contribution >= 4 is 28.8 Å². The van der Waals surface area contributed by atoms with E-state index in [1.807, 2.05) is 67.8 Å². The molecule has 0 radical (unpaired) electrons. The highest BCUT2D eigenvalue weighted by molar-refractivity contribution is 5.82. The van der Waals surface area contributed by atoms with E-state index in [2.05, 4.69) is 25.7 Å². The van der Waals surface area contributed by atoms with Gasteiger partial charge in [0.25, 0.3) is 0 Å². The first-order valence-corrected chi connectivity index (χ1v) is 10.4. The number of nitrogens with one attached hydrogen (secondary N) is 1. The molecule has 1 N–H and O–H groups in total. The number of carbonyl (C=O) groups excluding carboxylic acids is 1. The average molecular weight is 439 g/mol. The number of rotatable bonds is 6. The largest absolute Gasteiger partial charge is 0.361 e. The van der Waals surface area contributed by atoms with Crippen LogP contribution in [0.3, 0.4) is 0 Å². The summed E-state index contributed by atoms with van der Waals surface area (Å²) in [5.41, 5.74) is 6.47. The molecule has 1 aromatic carbocycles. The summed E-state index contributed by atoms with van der Waals surface area (Å²) in [6.45, 7) is 5.60. The summed E-state index contributed by atoms with van der Waals surface area (Å²) in [7, 11) is 0. The lowest BCUT2D eigenvalue weighted by Crippen LogP contribution is -2.02. The number of aromatic nitrogens is 6. The monoisotopic (exact) mass is 439 g/mol. The fourth-order valence-electron chi connectivity index (χ4n) is 3.79. The van der Waals surface area contributed by atoms with Crippen LogP contribution in [0.25, 0.3) is 28.1 Å². The number of benzene rings is 1. The molecule has 164 valence electrons. The van der Waals surface area contributed by atoms with Crippen molar-refractivity contribution in [1.82, 2.24) is 29.9 Å². The maximum Gasteiger partial charge on any atom is 0.153 e. The van der Waals surface area contributed by atoms with E-state index in [-0.39, 0.29) is 6.42 Å². The van der Waals surface area contributed by atoms with Gasteiger partial charge in [0.1, 0.15) is 24.2 Å². The molecule has 0 aliphatic heterocycles. The third-order valence-electron chi connectivity index (χ3n) is 5.40. The molecule has 0 unspecified atom stereocenters. The number of carbonyl (C=O) groups is 1. The summed E-state index contributed by atoms with van der Waals surface area (Å²) in [5.74, 6) is 2.01. The number of nitrogens with zero attached hydrogens (tertiary/aromatic N) is 6. The third kappa shape index (κ3) is 3.84. The molecule has 0 aliphatic carbocycles. The molecule has 0 saturated carbocycles. The summed E-state index contributed by atoms with van der Waals surface area (Å²) in [6, 6.07) is 13.5. The van der Waals surface area contributed by atoms with Crippen molar-refractivity contribution < 1.29 is 9.32 Å². The predicted octanol–water partition coefficient (Wildman–Crippen LogP) is 4.28. The average Bonchev–Trinajstić information content (AvgIpc) is 3.38. The second kappa shape index (κ2) is 8.27. The molecule has 4 aromatic heterocycles. The van der Waals surface area contributed by atoms with Gasteiger partial charge in [0.15, 0.2) is 5.82 Å². The molecule has 0 spiro atoms. The van der Waals surface area contributed by atoms with Crippen LogP contribution in [0.4, 0.5) is 11.5 Å².